The molecule has 0 aromatic carbocycles. The van der Waals surface area contributed by atoms with Crippen molar-refractivity contribution in [2.24, 2.45) is 5.92 Å². The van der Waals surface area contributed by atoms with E-state index in [4.69, 9.17) is 0 Å². The predicted molar refractivity (Wildman–Crippen MR) is 88.7 cm³/mol. The molecule has 2 aromatic heterocycles. The fourth-order valence-electron chi connectivity index (χ4n) is 2.89. The first-order valence-corrected chi connectivity index (χ1v) is 8.62. The molecule has 1 saturated heterocycles. The molecule has 0 amide bonds. The number of anilines is 1. The second kappa shape index (κ2) is 7.33. The summed E-state index contributed by atoms with van der Waals surface area (Å²) in [6.07, 6.45) is 4.60. The van der Waals surface area contributed by atoms with Gasteiger partial charge in [-0.1, -0.05) is 0 Å². The van der Waals surface area contributed by atoms with E-state index in [2.05, 4.69) is 20.2 Å². The van der Waals surface area contributed by atoms with Crippen molar-refractivity contribution in [3.8, 4) is 0 Å². The van der Waals surface area contributed by atoms with Crippen LogP contribution in [-0.4, -0.2) is 39.3 Å². The molecule has 0 bridgehead atoms. The lowest BCUT2D eigenvalue weighted by Crippen LogP contribution is -2.20. The zero-order valence-electron chi connectivity index (χ0n) is 13.1. The third kappa shape index (κ3) is 4.70. The number of rotatable bonds is 6. The first-order valence-electron chi connectivity index (χ1n) is 7.80. The van der Waals surface area contributed by atoms with E-state index in [1.165, 1.54) is 17.1 Å². The van der Waals surface area contributed by atoms with Crippen molar-refractivity contribution in [2.45, 2.75) is 32.5 Å². The Kier molecular flexibility index (Phi) is 5.20. The molecule has 3 rings (SSSR count). The standard InChI is InChI=1S/C16H21FN4OS/c1-11(22)20-16-19-8-15(23-16)10-21-5-4-12(9-21)6-14-3-2-13(17)7-18-14/h2-3,7-8,11-12,22H,4-6,9-10H2,1H3,(H,19,20). The van der Waals surface area contributed by atoms with Gasteiger partial charge in [0, 0.05) is 29.9 Å². The van der Waals surface area contributed by atoms with Crippen LogP contribution in [-0.2, 0) is 13.0 Å². The number of aromatic nitrogens is 2. The Morgan fingerprint density at radius 2 is 2.30 bits per heavy atom. The van der Waals surface area contributed by atoms with Gasteiger partial charge in [-0.15, -0.1) is 11.3 Å². The minimum atomic E-state index is -0.589. The van der Waals surface area contributed by atoms with Crippen LogP contribution >= 0.6 is 11.3 Å². The number of thiazole rings is 1. The van der Waals surface area contributed by atoms with Crippen LogP contribution in [0.3, 0.4) is 0 Å². The Bertz CT molecular complexity index is 631. The molecule has 2 unspecified atom stereocenters. The molecule has 5 nitrogen and oxygen atoms in total. The molecule has 3 heterocycles. The molecule has 1 aliphatic heterocycles. The molecule has 0 saturated carbocycles. The molecule has 124 valence electrons. The number of hydrogen-bond donors (Lipinski definition) is 2. The number of likely N-dealkylation sites (tertiary alicyclic amines) is 1. The monoisotopic (exact) mass is 336 g/mol. The van der Waals surface area contributed by atoms with E-state index in [-0.39, 0.29) is 5.82 Å². The highest BCUT2D eigenvalue weighted by Gasteiger charge is 2.23. The average Bonchev–Trinajstić information content (AvgIpc) is 3.11. The Hall–Kier alpha value is -1.57. The van der Waals surface area contributed by atoms with E-state index in [1.54, 1.807) is 24.3 Å². The zero-order valence-corrected chi connectivity index (χ0v) is 13.9. The molecule has 0 spiro atoms. The molecule has 2 atom stereocenters. The summed E-state index contributed by atoms with van der Waals surface area (Å²) in [5, 5.41) is 13.0. The second-order valence-electron chi connectivity index (χ2n) is 6.01. The van der Waals surface area contributed by atoms with Gasteiger partial charge in [0.25, 0.3) is 0 Å². The van der Waals surface area contributed by atoms with Gasteiger partial charge in [-0.25, -0.2) is 9.37 Å². The molecule has 1 aliphatic rings. The first-order chi connectivity index (χ1) is 11.1. The van der Waals surface area contributed by atoms with Crippen LogP contribution in [0.1, 0.15) is 23.9 Å². The number of halogens is 1. The molecule has 0 radical (unpaired) electrons. The van der Waals surface area contributed by atoms with Gasteiger partial charge in [-0.05, 0) is 44.4 Å². The van der Waals surface area contributed by atoms with Crippen LogP contribution in [0.4, 0.5) is 9.52 Å². The molecule has 0 aliphatic carbocycles. The minimum Gasteiger partial charge on any atom is -0.374 e. The summed E-state index contributed by atoms with van der Waals surface area (Å²) in [4.78, 5) is 12.0. The van der Waals surface area contributed by atoms with Gasteiger partial charge in [0.2, 0.25) is 0 Å². The van der Waals surface area contributed by atoms with Crippen molar-refractivity contribution in [2.75, 3.05) is 18.4 Å². The summed E-state index contributed by atoms with van der Waals surface area (Å²) in [6, 6.07) is 3.25. The fourth-order valence-corrected chi connectivity index (χ4v) is 3.83. The fraction of sp³-hybridized carbons (Fsp3) is 0.500. The van der Waals surface area contributed by atoms with E-state index in [0.717, 1.165) is 43.3 Å². The number of pyridine rings is 1. The lowest BCUT2D eigenvalue weighted by atomic mass is 10.0. The average molecular weight is 336 g/mol. The lowest BCUT2D eigenvalue weighted by Gasteiger charge is -2.14. The quantitative estimate of drug-likeness (QED) is 0.794. The molecule has 2 N–H and O–H groups in total. The number of aliphatic hydroxyl groups excluding tert-OH is 1. The maximum Gasteiger partial charge on any atom is 0.184 e. The number of aliphatic hydroxyl groups is 1. The molecular formula is C16H21FN4OS. The van der Waals surface area contributed by atoms with Gasteiger partial charge < -0.3 is 10.4 Å². The van der Waals surface area contributed by atoms with Gasteiger partial charge in [0.05, 0.1) is 6.20 Å². The number of hydrogen-bond acceptors (Lipinski definition) is 6. The SMILES string of the molecule is CC(O)Nc1ncc(CN2CCC(Cc3ccc(F)cn3)C2)s1. The predicted octanol–water partition coefficient (Wildman–Crippen LogP) is 2.49. The van der Waals surface area contributed by atoms with Crippen molar-refractivity contribution >= 4 is 16.5 Å². The topological polar surface area (TPSA) is 61.3 Å². The highest BCUT2D eigenvalue weighted by atomic mass is 32.1. The van der Waals surface area contributed by atoms with Gasteiger partial charge in [0.1, 0.15) is 12.0 Å². The Morgan fingerprint density at radius 3 is 3.04 bits per heavy atom. The van der Waals surface area contributed by atoms with Gasteiger partial charge in [-0.2, -0.15) is 0 Å². The van der Waals surface area contributed by atoms with Crippen LogP contribution in [0.2, 0.25) is 0 Å². The van der Waals surface area contributed by atoms with E-state index in [1.807, 2.05) is 6.20 Å². The van der Waals surface area contributed by atoms with Crippen LogP contribution in [0.5, 0.6) is 0 Å². The Balaban J connectivity index is 1.49. The van der Waals surface area contributed by atoms with Crippen molar-refractivity contribution in [3.63, 3.8) is 0 Å². The summed E-state index contributed by atoms with van der Waals surface area (Å²) >= 11 is 1.58. The Morgan fingerprint density at radius 1 is 1.43 bits per heavy atom. The van der Waals surface area contributed by atoms with E-state index in [0.29, 0.717) is 5.92 Å². The van der Waals surface area contributed by atoms with E-state index in [9.17, 15) is 9.50 Å². The second-order valence-corrected chi connectivity index (χ2v) is 7.13. The first kappa shape index (κ1) is 16.3. The zero-order chi connectivity index (χ0) is 16.2. The summed E-state index contributed by atoms with van der Waals surface area (Å²) in [5.41, 5.74) is 0.958. The van der Waals surface area contributed by atoms with E-state index < -0.39 is 6.23 Å². The van der Waals surface area contributed by atoms with Gasteiger partial charge >= 0.3 is 0 Å². The summed E-state index contributed by atoms with van der Waals surface area (Å²) in [5.74, 6) is 0.282. The molecule has 2 aromatic rings. The smallest absolute Gasteiger partial charge is 0.184 e. The third-order valence-electron chi connectivity index (χ3n) is 3.92. The van der Waals surface area contributed by atoms with Crippen molar-refractivity contribution in [1.29, 1.82) is 0 Å². The minimum absolute atomic E-state index is 0.284. The van der Waals surface area contributed by atoms with Crippen molar-refractivity contribution < 1.29 is 9.50 Å². The molecule has 7 heteroatoms. The van der Waals surface area contributed by atoms with Crippen LogP contribution < -0.4 is 5.32 Å². The van der Waals surface area contributed by atoms with Gasteiger partial charge in [0.15, 0.2) is 5.13 Å². The van der Waals surface area contributed by atoms with Crippen LogP contribution in [0.25, 0.3) is 0 Å². The molecule has 23 heavy (non-hydrogen) atoms. The summed E-state index contributed by atoms with van der Waals surface area (Å²) < 4.78 is 12.9. The van der Waals surface area contributed by atoms with Crippen LogP contribution in [0, 0.1) is 11.7 Å². The Labute approximate surface area is 139 Å². The highest BCUT2D eigenvalue weighted by molar-refractivity contribution is 7.15. The normalized spacial score (nSPS) is 19.9. The number of nitrogens with one attached hydrogen (secondary N) is 1. The highest BCUT2D eigenvalue weighted by Crippen LogP contribution is 2.25. The molecular weight excluding hydrogens is 315 g/mol. The summed E-state index contributed by atoms with van der Waals surface area (Å²) in [7, 11) is 0. The van der Waals surface area contributed by atoms with Crippen molar-refractivity contribution in [3.05, 3.63) is 40.9 Å². The maximum absolute atomic E-state index is 12.9. The van der Waals surface area contributed by atoms with Crippen molar-refractivity contribution in [1.82, 2.24) is 14.9 Å². The summed E-state index contributed by atoms with van der Waals surface area (Å²) in [6.45, 7) is 4.64. The third-order valence-corrected chi connectivity index (χ3v) is 4.84. The van der Waals surface area contributed by atoms with Crippen LogP contribution in [0.15, 0.2) is 24.5 Å². The largest absolute Gasteiger partial charge is 0.374 e. The lowest BCUT2D eigenvalue weighted by molar-refractivity contribution is 0.224. The molecule has 1 fully saturated rings. The maximum atomic E-state index is 12.9. The van der Waals surface area contributed by atoms with E-state index >= 15 is 0 Å². The number of nitrogens with zero attached hydrogens (tertiary/aromatic N) is 3. The van der Waals surface area contributed by atoms with Gasteiger partial charge in [-0.3, -0.25) is 9.88 Å².